The first-order chi connectivity index (χ1) is 8.35. The Balaban J connectivity index is 2.42. The van der Waals surface area contributed by atoms with Crippen LogP contribution < -0.4 is 5.32 Å². The first-order valence-corrected chi connectivity index (χ1v) is 7.28. The van der Waals surface area contributed by atoms with Gasteiger partial charge in [-0.15, -0.1) is 11.3 Å². The molecule has 0 aromatic carbocycles. The van der Waals surface area contributed by atoms with Crippen molar-refractivity contribution in [2.45, 2.75) is 39.2 Å². The van der Waals surface area contributed by atoms with Crippen LogP contribution in [0.25, 0.3) is 0 Å². The number of hydrogen-bond donors (Lipinski definition) is 2. The van der Waals surface area contributed by atoms with E-state index in [4.69, 9.17) is 11.6 Å². The summed E-state index contributed by atoms with van der Waals surface area (Å²) in [5, 5.41) is 12.9. The molecule has 1 aromatic rings. The number of hydrogen-bond acceptors (Lipinski definition) is 3. The second kappa shape index (κ2) is 6.55. The number of thiophene rings is 1. The highest BCUT2D eigenvalue weighted by atomic mass is 35.5. The minimum Gasteiger partial charge on any atom is -0.388 e. The van der Waals surface area contributed by atoms with E-state index in [-0.39, 0.29) is 18.4 Å². The number of carbonyl (C=O) groups is 1. The van der Waals surface area contributed by atoms with Crippen molar-refractivity contribution in [1.29, 1.82) is 0 Å². The van der Waals surface area contributed by atoms with Crippen LogP contribution in [0.2, 0.25) is 4.34 Å². The molecule has 18 heavy (non-hydrogen) atoms. The van der Waals surface area contributed by atoms with Gasteiger partial charge in [-0.2, -0.15) is 0 Å². The average Bonchev–Trinajstić information content (AvgIpc) is 2.71. The summed E-state index contributed by atoms with van der Waals surface area (Å²) in [6.07, 6.45) is 1.19. The zero-order valence-electron chi connectivity index (χ0n) is 11.0. The predicted molar refractivity (Wildman–Crippen MR) is 76.1 cm³/mol. The molecule has 102 valence electrons. The molecule has 1 heterocycles. The third-order valence-electron chi connectivity index (χ3n) is 3.28. The standard InChI is InChI=1S/C13H20ClNO2S/c1-4-9(2)13(3,17)8-15-12(16)7-10-5-6-11(14)18-10/h5-6,9,17H,4,7-8H2,1-3H3,(H,15,16). The lowest BCUT2D eigenvalue weighted by molar-refractivity contribution is -0.122. The Morgan fingerprint density at radius 1 is 1.61 bits per heavy atom. The lowest BCUT2D eigenvalue weighted by atomic mass is 9.88. The van der Waals surface area contributed by atoms with Gasteiger partial charge in [-0.25, -0.2) is 0 Å². The van der Waals surface area contributed by atoms with Crippen LogP contribution in [-0.4, -0.2) is 23.2 Å². The van der Waals surface area contributed by atoms with Crippen LogP contribution in [0.4, 0.5) is 0 Å². The number of carbonyl (C=O) groups excluding carboxylic acids is 1. The monoisotopic (exact) mass is 289 g/mol. The molecule has 5 heteroatoms. The molecule has 0 radical (unpaired) electrons. The zero-order valence-corrected chi connectivity index (χ0v) is 12.6. The van der Waals surface area contributed by atoms with Gasteiger partial charge in [0.25, 0.3) is 0 Å². The molecule has 2 N–H and O–H groups in total. The van der Waals surface area contributed by atoms with Crippen LogP contribution in [-0.2, 0) is 11.2 Å². The van der Waals surface area contributed by atoms with Crippen molar-refractivity contribution < 1.29 is 9.90 Å². The van der Waals surface area contributed by atoms with Crippen molar-refractivity contribution in [3.63, 3.8) is 0 Å². The van der Waals surface area contributed by atoms with Crippen molar-refractivity contribution in [3.8, 4) is 0 Å². The Morgan fingerprint density at radius 2 is 2.28 bits per heavy atom. The summed E-state index contributed by atoms with van der Waals surface area (Å²) in [4.78, 5) is 12.7. The van der Waals surface area contributed by atoms with Crippen molar-refractivity contribution in [2.24, 2.45) is 5.92 Å². The molecule has 0 fully saturated rings. The molecule has 1 amide bonds. The number of aliphatic hydroxyl groups is 1. The lowest BCUT2D eigenvalue weighted by Crippen LogP contribution is -2.45. The van der Waals surface area contributed by atoms with Crippen molar-refractivity contribution in [1.82, 2.24) is 5.32 Å². The quantitative estimate of drug-likeness (QED) is 0.846. The molecule has 1 aromatic heterocycles. The molecule has 0 aliphatic heterocycles. The smallest absolute Gasteiger partial charge is 0.225 e. The molecule has 2 unspecified atom stereocenters. The van der Waals surface area contributed by atoms with Gasteiger partial charge in [-0.3, -0.25) is 4.79 Å². The predicted octanol–water partition coefficient (Wildman–Crippen LogP) is 2.86. The Labute approximate surface area is 117 Å². The fourth-order valence-corrected chi connectivity index (χ4v) is 2.65. The summed E-state index contributed by atoms with van der Waals surface area (Å²) >= 11 is 7.20. The Morgan fingerprint density at radius 3 is 2.78 bits per heavy atom. The molecule has 0 saturated heterocycles. The van der Waals surface area contributed by atoms with E-state index in [0.717, 1.165) is 11.3 Å². The fourth-order valence-electron chi connectivity index (χ4n) is 1.56. The van der Waals surface area contributed by atoms with E-state index in [9.17, 15) is 9.90 Å². The van der Waals surface area contributed by atoms with E-state index in [1.807, 2.05) is 19.9 Å². The number of amides is 1. The molecule has 3 nitrogen and oxygen atoms in total. The molecule has 1 rings (SSSR count). The van der Waals surface area contributed by atoms with E-state index in [1.165, 1.54) is 11.3 Å². The third kappa shape index (κ3) is 4.59. The van der Waals surface area contributed by atoms with E-state index >= 15 is 0 Å². The van der Waals surface area contributed by atoms with Gasteiger partial charge in [0.05, 0.1) is 16.4 Å². The third-order valence-corrected chi connectivity index (χ3v) is 4.51. The topological polar surface area (TPSA) is 49.3 Å². The largest absolute Gasteiger partial charge is 0.388 e. The van der Waals surface area contributed by atoms with E-state index in [1.54, 1.807) is 13.0 Å². The summed E-state index contributed by atoms with van der Waals surface area (Å²) in [6.45, 7) is 6.03. The zero-order chi connectivity index (χ0) is 13.8. The molecular weight excluding hydrogens is 270 g/mol. The fraction of sp³-hybridized carbons (Fsp3) is 0.615. The highest BCUT2D eigenvalue weighted by Gasteiger charge is 2.27. The maximum Gasteiger partial charge on any atom is 0.225 e. The second-order valence-electron chi connectivity index (χ2n) is 4.83. The Bertz CT molecular complexity index is 403. The number of rotatable bonds is 6. The minimum atomic E-state index is -0.864. The summed E-state index contributed by atoms with van der Waals surface area (Å²) in [5.41, 5.74) is -0.864. The minimum absolute atomic E-state index is 0.0860. The summed E-state index contributed by atoms with van der Waals surface area (Å²) in [6, 6.07) is 3.63. The maximum atomic E-state index is 11.7. The average molecular weight is 290 g/mol. The molecule has 0 spiro atoms. The van der Waals surface area contributed by atoms with Gasteiger partial charge in [0.1, 0.15) is 0 Å². The normalized spacial score (nSPS) is 16.1. The highest BCUT2D eigenvalue weighted by molar-refractivity contribution is 7.16. The molecule has 2 atom stereocenters. The van der Waals surface area contributed by atoms with Crippen molar-refractivity contribution in [3.05, 3.63) is 21.3 Å². The van der Waals surface area contributed by atoms with Crippen molar-refractivity contribution >= 4 is 28.8 Å². The first-order valence-electron chi connectivity index (χ1n) is 6.08. The van der Waals surface area contributed by atoms with Crippen LogP contribution in [0.15, 0.2) is 12.1 Å². The highest BCUT2D eigenvalue weighted by Crippen LogP contribution is 2.22. The molecule has 0 aliphatic carbocycles. The van der Waals surface area contributed by atoms with Crippen LogP contribution in [0.3, 0.4) is 0 Å². The summed E-state index contributed by atoms with van der Waals surface area (Å²) < 4.78 is 0.685. The maximum absolute atomic E-state index is 11.7. The molecular formula is C13H20ClNO2S. The van der Waals surface area contributed by atoms with Crippen LogP contribution >= 0.6 is 22.9 Å². The van der Waals surface area contributed by atoms with E-state index in [0.29, 0.717) is 10.8 Å². The summed E-state index contributed by atoms with van der Waals surface area (Å²) in [7, 11) is 0. The molecule has 0 saturated carbocycles. The van der Waals surface area contributed by atoms with Gasteiger partial charge in [0.15, 0.2) is 0 Å². The van der Waals surface area contributed by atoms with Crippen LogP contribution in [0.5, 0.6) is 0 Å². The van der Waals surface area contributed by atoms with Gasteiger partial charge in [0.2, 0.25) is 5.91 Å². The Hall–Kier alpha value is -0.580. The molecule has 0 bridgehead atoms. The van der Waals surface area contributed by atoms with Crippen LogP contribution in [0, 0.1) is 5.92 Å². The van der Waals surface area contributed by atoms with E-state index in [2.05, 4.69) is 5.32 Å². The van der Waals surface area contributed by atoms with Gasteiger partial charge in [-0.1, -0.05) is 31.9 Å². The first kappa shape index (κ1) is 15.5. The van der Waals surface area contributed by atoms with Gasteiger partial charge < -0.3 is 10.4 Å². The van der Waals surface area contributed by atoms with E-state index < -0.39 is 5.60 Å². The van der Waals surface area contributed by atoms with Crippen LogP contribution in [0.1, 0.15) is 32.1 Å². The number of nitrogens with one attached hydrogen (secondary N) is 1. The van der Waals surface area contributed by atoms with Gasteiger partial charge in [0, 0.05) is 11.4 Å². The Kier molecular flexibility index (Phi) is 5.63. The van der Waals surface area contributed by atoms with Gasteiger partial charge >= 0.3 is 0 Å². The van der Waals surface area contributed by atoms with Gasteiger partial charge in [-0.05, 0) is 25.0 Å². The van der Waals surface area contributed by atoms with Crippen molar-refractivity contribution in [2.75, 3.05) is 6.54 Å². The summed E-state index contributed by atoms with van der Waals surface area (Å²) in [5.74, 6) is 0.0612. The molecule has 0 aliphatic rings. The number of halogens is 1. The lowest BCUT2D eigenvalue weighted by Gasteiger charge is -2.29. The second-order valence-corrected chi connectivity index (χ2v) is 6.63. The SMILES string of the molecule is CCC(C)C(C)(O)CNC(=O)Cc1ccc(Cl)s1.